The van der Waals surface area contributed by atoms with E-state index in [9.17, 15) is 4.79 Å². The van der Waals surface area contributed by atoms with E-state index in [0.29, 0.717) is 18.9 Å². The summed E-state index contributed by atoms with van der Waals surface area (Å²) in [6, 6.07) is 26.8. The molecule has 38 heavy (non-hydrogen) atoms. The summed E-state index contributed by atoms with van der Waals surface area (Å²) in [5, 5.41) is 16.3. The molecule has 6 rings (SSSR count). The fourth-order valence-electron chi connectivity index (χ4n) is 5.11. The number of aryl methyl sites for hydroxylation is 1. The maximum absolute atomic E-state index is 13.5. The third-order valence-electron chi connectivity index (χ3n) is 7.38. The molecule has 0 radical (unpaired) electrons. The van der Waals surface area contributed by atoms with Gasteiger partial charge in [-0.15, -0.1) is 10.2 Å². The van der Waals surface area contributed by atoms with Gasteiger partial charge < -0.3 is 14.2 Å². The molecular weight excluding hydrogens is 476 g/mol. The van der Waals surface area contributed by atoms with Crippen LogP contribution in [0.25, 0.3) is 22.4 Å². The number of carbonyl (C=O) groups excluding carboxylic acids is 1. The molecule has 0 unspecified atom stereocenters. The Balaban J connectivity index is 1.40. The number of amides is 1. The molecular formula is C30H30N6O2. The van der Waals surface area contributed by atoms with Crippen molar-refractivity contribution in [1.82, 2.24) is 30.1 Å². The highest BCUT2D eigenvalue weighted by atomic mass is 16.6. The lowest BCUT2D eigenvalue weighted by Gasteiger charge is -2.37. The molecule has 2 aromatic heterocycles. The average Bonchev–Trinajstić information content (AvgIpc) is 3.55. The molecule has 5 aromatic rings. The minimum Gasteiger partial charge on any atom is -0.445 e. The summed E-state index contributed by atoms with van der Waals surface area (Å²) >= 11 is 0. The predicted octanol–water partition coefficient (Wildman–Crippen LogP) is 5.87. The van der Waals surface area contributed by atoms with Gasteiger partial charge in [0, 0.05) is 29.1 Å². The first-order valence-electron chi connectivity index (χ1n) is 13.0. The first-order valence-corrected chi connectivity index (χ1v) is 13.0. The summed E-state index contributed by atoms with van der Waals surface area (Å²) in [6.07, 6.45) is 2.76. The Labute approximate surface area is 221 Å². The van der Waals surface area contributed by atoms with Crippen LogP contribution in [0.2, 0.25) is 0 Å². The van der Waals surface area contributed by atoms with Gasteiger partial charge >= 0.3 is 6.09 Å². The van der Waals surface area contributed by atoms with Crippen LogP contribution >= 0.6 is 0 Å². The fraction of sp³-hybridized carbons (Fsp3) is 0.267. The van der Waals surface area contributed by atoms with Crippen molar-refractivity contribution in [2.75, 3.05) is 0 Å². The molecule has 0 bridgehead atoms. The van der Waals surface area contributed by atoms with Crippen molar-refractivity contribution in [2.45, 2.75) is 51.9 Å². The van der Waals surface area contributed by atoms with Gasteiger partial charge in [0.05, 0.1) is 12.2 Å². The van der Waals surface area contributed by atoms with E-state index in [1.165, 1.54) is 11.1 Å². The highest BCUT2D eigenvalue weighted by Gasteiger charge is 2.33. The Morgan fingerprint density at radius 3 is 2.47 bits per heavy atom. The number of benzene rings is 3. The van der Waals surface area contributed by atoms with Crippen LogP contribution in [-0.2, 0) is 24.4 Å². The fourth-order valence-corrected chi connectivity index (χ4v) is 5.11. The van der Waals surface area contributed by atoms with Gasteiger partial charge in [0.15, 0.2) is 0 Å². The van der Waals surface area contributed by atoms with Gasteiger partial charge in [0.25, 0.3) is 0 Å². The summed E-state index contributed by atoms with van der Waals surface area (Å²) < 4.78 is 8.04. The molecule has 0 spiro atoms. The van der Waals surface area contributed by atoms with Crippen molar-refractivity contribution in [2.24, 2.45) is 0 Å². The number of aromatic amines is 1. The van der Waals surface area contributed by atoms with Crippen molar-refractivity contribution < 1.29 is 9.53 Å². The number of fused-ring (bicyclic) bond motifs is 1. The van der Waals surface area contributed by atoms with Crippen LogP contribution in [0.4, 0.5) is 4.79 Å². The minimum absolute atomic E-state index is 0.149. The summed E-state index contributed by atoms with van der Waals surface area (Å²) in [7, 11) is 0. The Morgan fingerprint density at radius 2 is 1.76 bits per heavy atom. The molecule has 1 aliphatic carbocycles. The zero-order valence-corrected chi connectivity index (χ0v) is 21.4. The maximum Gasteiger partial charge on any atom is 0.410 e. The van der Waals surface area contributed by atoms with Gasteiger partial charge in [-0.25, -0.2) is 4.79 Å². The van der Waals surface area contributed by atoms with Crippen molar-refractivity contribution >= 4 is 17.0 Å². The molecule has 0 aliphatic heterocycles. The van der Waals surface area contributed by atoms with Crippen LogP contribution in [0, 0.1) is 6.92 Å². The SMILES string of the molecule is Cc1ccc(Cn2c(-c3nn[nH]n3)c(CN(C(=O)OCc3ccccc3)C3CCC3)c3ccccc32)cc1. The summed E-state index contributed by atoms with van der Waals surface area (Å²) in [6.45, 7) is 3.38. The van der Waals surface area contributed by atoms with E-state index in [2.05, 4.69) is 68.5 Å². The highest BCUT2D eigenvalue weighted by Crippen LogP contribution is 2.36. The topological polar surface area (TPSA) is 88.9 Å². The first kappa shape index (κ1) is 23.9. The van der Waals surface area contributed by atoms with Gasteiger partial charge in [-0.05, 0) is 48.6 Å². The van der Waals surface area contributed by atoms with Gasteiger partial charge in [-0.2, -0.15) is 5.21 Å². The minimum atomic E-state index is -0.298. The van der Waals surface area contributed by atoms with Crippen molar-refractivity contribution in [1.29, 1.82) is 0 Å². The molecule has 0 saturated heterocycles. The lowest BCUT2D eigenvalue weighted by atomic mass is 9.91. The quantitative estimate of drug-likeness (QED) is 0.284. The van der Waals surface area contributed by atoms with Gasteiger partial charge in [0.1, 0.15) is 6.61 Å². The molecule has 1 aliphatic rings. The average molecular weight is 507 g/mol. The van der Waals surface area contributed by atoms with Gasteiger partial charge in [-0.1, -0.05) is 78.4 Å². The van der Waals surface area contributed by atoms with Crippen molar-refractivity contribution in [3.63, 3.8) is 0 Å². The Morgan fingerprint density at radius 1 is 1.00 bits per heavy atom. The number of rotatable bonds is 8. The molecule has 1 saturated carbocycles. The van der Waals surface area contributed by atoms with E-state index in [-0.39, 0.29) is 18.7 Å². The molecule has 1 amide bonds. The Bertz CT molecular complexity index is 1520. The monoisotopic (exact) mass is 506 g/mol. The number of ether oxygens (including phenoxy) is 1. The van der Waals surface area contributed by atoms with E-state index >= 15 is 0 Å². The summed E-state index contributed by atoms with van der Waals surface area (Å²) in [4.78, 5) is 15.3. The van der Waals surface area contributed by atoms with E-state index in [1.54, 1.807) is 0 Å². The number of para-hydroxylation sites is 1. The zero-order valence-electron chi connectivity index (χ0n) is 21.4. The second-order valence-corrected chi connectivity index (χ2v) is 9.90. The van der Waals surface area contributed by atoms with E-state index in [0.717, 1.165) is 47.0 Å². The van der Waals surface area contributed by atoms with Gasteiger partial charge in [0.2, 0.25) is 5.82 Å². The molecule has 1 N–H and O–H groups in total. The van der Waals surface area contributed by atoms with Gasteiger partial charge in [-0.3, -0.25) is 0 Å². The molecule has 0 atom stereocenters. The third kappa shape index (κ3) is 4.77. The predicted molar refractivity (Wildman–Crippen MR) is 145 cm³/mol. The molecule has 2 heterocycles. The maximum atomic E-state index is 13.5. The van der Waals surface area contributed by atoms with Crippen LogP contribution in [0.15, 0.2) is 78.9 Å². The van der Waals surface area contributed by atoms with Crippen molar-refractivity contribution in [3.8, 4) is 11.5 Å². The lowest BCUT2D eigenvalue weighted by molar-refractivity contribution is 0.0587. The van der Waals surface area contributed by atoms with Crippen LogP contribution in [0.3, 0.4) is 0 Å². The molecule has 3 aromatic carbocycles. The Kier molecular flexibility index (Phi) is 6.60. The number of tetrazole rings is 1. The van der Waals surface area contributed by atoms with E-state index in [4.69, 9.17) is 4.74 Å². The van der Waals surface area contributed by atoms with Crippen LogP contribution in [0.5, 0.6) is 0 Å². The number of nitrogens with one attached hydrogen (secondary N) is 1. The molecule has 8 nitrogen and oxygen atoms in total. The smallest absolute Gasteiger partial charge is 0.410 e. The number of hydrogen-bond donors (Lipinski definition) is 1. The number of H-pyrrole nitrogens is 1. The third-order valence-corrected chi connectivity index (χ3v) is 7.38. The standard InChI is InChI=1S/C30H30N6O2/c1-21-14-16-22(17-15-21)18-36-27-13-6-5-12-25(27)26(28(36)29-31-33-34-32-29)19-35(24-10-7-11-24)30(37)38-20-23-8-3-2-4-9-23/h2-6,8-9,12-17,24H,7,10-11,18-20H2,1H3,(H,31,32,33,34). The number of nitrogens with zero attached hydrogens (tertiary/aromatic N) is 5. The Hall–Kier alpha value is -4.46. The normalized spacial score (nSPS) is 13.4. The van der Waals surface area contributed by atoms with Crippen LogP contribution in [0.1, 0.15) is 41.5 Å². The van der Waals surface area contributed by atoms with E-state index < -0.39 is 0 Å². The highest BCUT2D eigenvalue weighted by molar-refractivity contribution is 5.91. The number of hydrogen-bond acceptors (Lipinski definition) is 5. The molecule has 192 valence electrons. The summed E-state index contributed by atoms with van der Waals surface area (Å²) in [5.74, 6) is 0.509. The lowest BCUT2D eigenvalue weighted by Crippen LogP contribution is -2.44. The second-order valence-electron chi connectivity index (χ2n) is 9.90. The summed E-state index contributed by atoms with van der Waals surface area (Å²) in [5.41, 5.74) is 6.28. The van der Waals surface area contributed by atoms with Crippen molar-refractivity contribution in [3.05, 3.63) is 101 Å². The number of aromatic nitrogens is 5. The second kappa shape index (κ2) is 10.5. The zero-order chi connectivity index (χ0) is 25.9. The largest absolute Gasteiger partial charge is 0.445 e. The van der Waals surface area contributed by atoms with E-state index in [1.807, 2.05) is 47.4 Å². The van der Waals surface area contributed by atoms with Crippen LogP contribution < -0.4 is 0 Å². The number of carbonyl (C=O) groups is 1. The first-order chi connectivity index (χ1) is 18.7. The van der Waals surface area contributed by atoms with Crippen LogP contribution in [-0.4, -0.2) is 42.2 Å². The molecule has 8 heteroatoms. The molecule has 1 fully saturated rings.